The van der Waals surface area contributed by atoms with Gasteiger partial charge in [-0.3, -0.25) is 9.00 Å². The number of carbonyl (C=O) groups excluding carboxylic acids is 1. The number of nitrogens with zero attached hydrogens (tertiary/aromatic N) is 1. The summed E-state index contributed by atoms with van der Waals surface area (Å²) in [6.07, 6.45) is 2.42. The van der Waals surface area contributed by atoms with Crippen LogP contribution in [0.3, 0.4) is 0 Å². The van der Waals surface area contributed by atoms with E-state index in [-0.39, 0.29) is 16.7 Å². The molecule has 1 aromatic heterocycles. The van der Waals surface area contributed by atoms with Crippen LogP contribution in [0.2, 0.25) is 0 Å². The Morgan fingerprint density at radius 3 is 2.89 bits per heavy atom. The van der Waals surface area contributed by atoms with Crippen molar-refractivity contribution in [1.29, 1.82) is 0 Å². The first-order chi connectivity index (χ1) is 8.50. The van der Waals surface area contributed by atoms with Gasteiger partial charge in [0.05, 0.1) is 16.5 Å². The van der Waals surface area contributed by atoms with Crippen molar-refractivity contribution in [2.75, 3.05) is 18.0 Å². The monoisotopic (exact) mass is 269 g/mol. The molecule has 0 aliphatic carbocycles. The molecule has 0 aromatic carbocycles. The van der Waals surface area contributed by atoms with Crippen LogP contribution in [-0.4, -0.2) is 27.4 Å². The van der Waals surface area contributed by atoms with Crippen LogP contribution in [0.15, 0.2) is 23.4 Å². The molecule has 3 N–H and O–H groups in total. The van der Waals surface area contributed by atoms with Gasteiger partial charge in [0.15, 0.2) is 5.03 Å². The lowest BCUT2D eigenvalue weighted by Crippen LogP contribution is -2.30. The maximum atomic E-state index is 11.9. The van der Waals surface area contributed by atoms with Gasteiger partial charge in [-0.2, -0.15) is 0 Å². The zero-order chi connectivity index (χ0) is 13.5. The van der Waals surface area contributed by atoms with Gasteiger partial charge >= 0.3 is 0 Å². The second-order valence-electron chi connectivity index (χ2n) is 4.42. The highest BCUT2D eigenvalue weighted by atomic mass is 32.2. The molecule has 18 heavy (non-hydrogen) atoms. The molecule has 6 heteroatoms. The molecule has 0 saturated heterocycles. The van der Waals surface area contributed by atoms with E-state index in [0.29, 0.717) is 18.2 Å². The Balaban J connectivity index is 2.45. The summed E-state index contributed by atoms with van der Waals surface area (Å²) in [5, 5.41) is 3.01. The van der Waals surface area contributed by atoms with Crippen molar-refractivity contribution in [2.45, 2.75) is 25.3 Å². The molecule has 1 heterocycles. The molecule has 5 nitrogen and oxygen atoms in total. The van der Waals surface area contributed by atoms with Crippen molar-refractivity contribution in [3.63, 3.8) is 0 Å². The molecule has 1 atom stereocenters. The number of nitrogens with two attached hydrogens (primary N) is 1. The zero-order valence-corrected chi connectivity index (χ0v) is 11.5. The predicted octanol–water partition coefficient (Wildman–Crippen LogP) is 0.934. The SMILES string of the molecule is CC(C)CCNC(=O)CS(=O)c1ncccc1N. The van der Waals surface area contributed by atoms with Crippen LogP contribution in [0.5, 0.6) is 0 Å². The smallest absolute Gasteiger partial charge is 0.233 e. The highest BCUT2D eigenvalue weighted by molar-refractivity contribution is 7.85. The van der Waals surface area contributed by atoms with Gasteiger partial charge in [0.25, 0.3) is 0 Å². The van der Waals surface area contributed by atoms with E-state index < -0.39 is 10.8 Å². The molecule has 1 rings (SSSR count). The molecular weight excluding hydrogens is 250 g/mol. The molecule has 0 fully saturated rings. The molecule has 100 valence electrons. The van der Waals surface area contributed by atoms with E-state index in [9.17, 15) is 9.00 Å². The Bertz CT molecular complexity index is 435. The third kappa shape index (κ3) is 4.83. The summed E-state index contributed by atoms with van der Waals surface area (Å²) >= 11 is 0. The van der Waals surface area contributed by atoms with Crippen LogP contribution in [0.25, 0.3) is 0 Å². The summed E-state index contributed by atoms with van der Waals surface area (Å²) in [5.74, 6) is 0.195. The lowest BCUT2D eigenvalue weighted by atomic mass is 10.1. The summed E-state index contributed by atoms with van der Waals surface area (Å²) < 4.78 is 11.9. The second-order valence-corrected chi connectivity index (χ2v) is 5.79. The summed E-state index contributed by atoms with van der Waals surface area (Å²) in [6.45, 7) is 4.77. The number of anilines is 1. The minimum Gasteiger partial charge on any atom is -0.396 e. The van der Waals surface area contributed by atoms with Crippen LogP contribution in [-0.2, 0) is 15.6 Å². The number of hydrogen-bond acceptors (Lipinski definition) is 4. The highest BCUT2D eigenvalue weighted by Gasteiger charge is 2.13. The van der Waals surface area contributed by atoms with Gasteiger partial charge in [-0.15, -0.1) is 0 Å². The molecule has 0 aliphatic heterocycles. The first-order valence-corrected chi connectivity index (χ1v) is 7.18. The average Bonchev–Trinajstić information content (AvgIpc) is 2.28. The van der Waals surface area contributed by atoms with E-state index >= 15 is 0 Å². The molecule has 1 unspecified atom stereocenters. The number of amides is 1. The lowest BCUT2D eigenvalue weighted by Gasteiger charge is -2.07. The van der Waals surface area contributed by atoms with E-state index in [0.717, 1.165) is 6.42 Å². The summed E-state index contributed by atoms with van der Waals surface area (Å²) in [5.41, 5.74) is 6.00. The van der Waals surface area contributed by atoms with E-state index in [1.165, 1.54) is 6.20 Å². The van der Waals surface area contributed by atoms with Gasteiger partial charge in [-0.1, -0.05) is 13.8 Å². The first-order valence-electron chi connectivity index (χ1n) is 5.86. The van der Waals surface area contributed by atoms with Crippen molar-refractivity contribution in [3.05, 3.63) is 18.3 Å². The number of rotatable bonds is 6. The van der Waals surface area contributed by atoms with Crippen LogP contribution < -0.4 is 11.1 Å². The summed E-state index contributed by atoms with van der Waals surface area (Å²) in [7, 11) is -1.49. The summed E-state index contributed by atoms with van der Waals surface area (Å²) in [4.78, 5) is 15.5. The van der Waals surface area contributed by atoms with E-state index in [1.807, 2.05) is 0 Å². The fourth-order valence-electron chi connectivity index (χ4n) is 1.33. The van der Waals surface area contributed by atoms with Crippen LogP contribution in [0.4, 0.5) is 5.69 Å². The minimum absolute atomic E-state index is 0.0979. The van der Waals surface area contributed by atoms with Crippen molar-refractivity contribution < 1.29 is 9.00 Å². The van der Waals surface area contributed by atoms with Gasteiger partial charge in [0.2, 0.25) is 5.91 Å². The van der Waals surface area contributed by atoms with Gasteiger partial charge in [-0.05, 0) is 24.5 Å². The third-order valence-electron chi connectivity index (χ3n) is 2.32. The van der Waals surface area contributed by atoms with Gasteiger partial charge in [0, 0.05) is 12.7 Å². The Morgan fingerprint density at radius 1 is 1.56 bits per heavy atom. The molecule has 0 spiro atoms. The Labute approximate surface area is 110 Å². The molecule has 1 amide bonds. The van der Waals surface area contributed by atoms with Crippen molar-refractivity contribution in [1.82, 2.24) is 10.3 Å². The predicted molar refractivity (Wildman–Crippen MR) is 72.4 cm³/mol. The normalized spacial score (nSPS) is 12.4. The fraction of sp³-hybridized carbons (Fsp3) is 0.500. The Morgan fingerprint density at radius 2 is 2.28 bits per heavy atom. The van der Waals surface area contributed by atoms with Crippen molar-refractivity contribution in [2.24, 2.45) is 5.92 Å². The average molecular weight is 269 g/mol. The number of carbonyl (C=O) groups is 1. The topological polar surface area (TPSA) is 85.1 Å². The van der Waals surface area contributed by atoms with Crippen LogP contribution >= 0.6 is 0 Å². The van der Waals surface area contributed by atoms with E-state index in [4.69, 9.17) is 5.73 Å². The van der Waals surface area contributed by atoms with Crippen LogP contribution in [0.1, 0.15) is 20.3 Å². The van der Waals surface area contributed by atoms with Crippen LogP contribution in [0, 0.1) is 5.92 Å². The van der Waals surface area contributed by atoms with Gasteiger partial charge < -0.3 is 11.1 Å². The van der Waals surface area contributed by atoms with Gasteiger partial charge in [0.1, 0.15) is 5.75 Å². The molecule has 0 aliphatic rings. The van der Waals surface area contributed by atoms with E-state index in [2.05, 4.69) is 24.1 Å². The van der Waals surface area contributed by atoms with E-state index in [1.54, 1.807) is 12.1 Å². The molecule has 1 aromatic rings. The number of pyridine rings is 1. The first kappa shape index (κ1) is 14.6. The lowest BCUT2D eigenvalue weighted by molar-refractivity contribution is -0.118. The Hall–Kier alpha value is -1.43. The number of nitrogen functional groups attached to an aromatic ring is 1. The third-order valence-corrected chi connectivity index (χ3v) is 3.62. The summed E-state index contributed by atoms with van der Waals surface area (Å²) in [6, 6.07) is 3.29. The molecule has 0 saturated carbocycles. The second kappa shape index (κ2) is 7.10. The van der Waals surface area contributed by atoms with Crippen molar-refractivity contribution >= 4 is 22.4 Å². The number of aromatic nitrogens is 1. The fourth-order valence-corrected chi connectivity index (χ4v) is 2.32. The maximum absolute atomic E-state index is 11.9. The van der Waals surface area contributed by atoms with Crippen molar-refractivity contribution in [3.8, 4) is 0 Å². The quantitative estimate of drug-likeness (QED) is 0.804. The maximum Gasteiger partial charge on any atom is 0.233 e. The number of nitrogens with one attached hydrogen (secondary N) is 1. The number of hydrogen-bond donors (Lipinski definition) is 2. The largest absolute Gasteiger partial charge is 0.396 e. The van der Waals surface area contributed by atoms with Gasteiger partial charge in [-0.25, -0.2) is 4.98 Å². The molecule has 0 radical (unpaired) electrons. The highest BCUT2D eigenvalue weighted by Crippen LogP contribution is 2.11. The minimum atomic E-state index is -1.49. The zero-order valence-electron chi connectivity index (χ0n) is 10.7. The molecule has 0 bridgehead atoms. The standard InChI is InChI=1S/C12H19N3O2S/c1-9(2)5-7-14-11(16)8-18(17)12-10(13)4-3-6-15-12/h3-4,6,9H,5,7-8,13H2,1-2H3,(H,14,16). The Kier molecular flexibility index (Phi) is 5.77. The molecular formula is C12H19N3O2S.